The lowest BCUT2D eigenvalue weighted by atomic mass is 10.1. The fraction of sp³-hybridized carbons (Fsp3) is 0.143. The van der Waals surface area contributed by atoms with E-state index in [1.807, 2.05) is 0 Å². The molecule has 0 bridgehead atoms. The maximum absolute atomic E-state index is 12.5. The molecule has 1 aromatic carbocycles. The highest BCUT2D eigenvalue weighted by Gasteiger charge is 2.32. The second-order valence-corrected chi connectivity index (χ2v) is 5.88. The van der Waals surface area contributed by atoms with Crippen LogP contribution in [-0.4, -0.2) is 21.7 Å². The first-order chi connectivity index (χ1) is 9.82. The lowest BCUT2D eigenvalue weighted by molar-refractivity contribution is -0.137. The van der Waals surface area contributed by atoms with Crippen molar-refractivity contribution in [1.82, 2.24) is 4.90 Å². The summed E-state index contributed by atoms with van der Waals surface area (Å²) >= 11 is 6.20. The number of thiocarbonyl (C=S) groups is 1. The van der Waals surface area contributed by atoms with Gasteiger partial charge >= 0.3 is 6.18 Å². The smallest absolute Gasteiger partial charge is 0.289 e. The van der Waals surface area contributed by atoms with Crippen LogP contribution in [0.5, 0.6) is 0 Å². The Hall–Kier alpha value is -1.60. The molecule has 2 nitrogen and oxygen atoms in total. The molecule has 1 fully saturated rings. The Morgan fingerprint density at radius 2 is 1.90 bits per heavy atom. The zero-order chi connectivity index (χ0) is 15.6. The quantitative estimate of drug-likeness (QED) is 0.473. The Bertz CT molecular complexity index is 620. The van der Waals surface area contributed by atoms with Crippen LogP contribution >= 0.6 is 24.0 Å². The fourth-order valence-electron chi connectivity index (χ4n) is 1.71. The summed E-state index contributed by atoms with van der Waals surface area (Å²) in [7, 11) is 0. The lowest BCUT2D eigenvalue weighted by Crippen LogP contribution is -2.27. The Labute approximate surface area is 129 Å². The number of hydrogen-bond acceptors (Lipinski definition) is 3. The molecule has 2 rings (SSSR count). The molecule has 0 aromatic heterocycles. The van der Waals surface area contributed by atoms with E-state index in [-0.39, 0.29) is 5.91 Å². The van der Waals surface area contributed by atoms with E-state index in [1.54, 1.807) is 6.08 Å². The third-order valence-electron chi connectivity index (χ3n) is 2.72. The summed E-state index contributed by atoms with van der Waals surface area (Å²) in [6.07, 6.45) is -1.28. The van der Waals surface area contributed by atoms with Gasteiger partial charge in [-0.05, 0) is 23.8 Å². The maximum atomic E-state index is 12.5. The third kappa shape index (κ3) is 3.54. The molecule has 7 heteroatoms. The number of hydrogen-bond donors (Lipinski definition) is 0. The van der Waals surface area contributed by atoms with Crippen molar-refractivity contribution in [2.24, 2.45) is 0 Å². The molecule has 0 radical (unpaired) electrons. The van der Waals surface area contributed by atoms with E-state index in [4.69, 9.17) is 12.2 Å². The minimum atomic E-state index is -4.37. The zero-order valence-corrected chi connectivity index (χ0v) is 12.3. The molecule has 0 atom stereocenters. The number of thioether (sulfide) groups is 1. The Morgan fingerprint density at radius 1 is 1.29 bits per heavy atom. The predicted octanol–water partition coefficient (Wildman–Crippen LogP) is 4.09. The largest absolute Gasteiger partial charge is 0.416 e. The number of alkyl halides is 3. The van der Waals surface area contributed by atoms with Gasteiger partial charge in [0.1, 0.15) is 4.32 Å². The molecule has 0 unspecified atom stereocenters. The van der Waals surface area contributed by atoms with Crippen LogP contribution in [0.4, 0.5) is 13.2 Å². The van der Waals surface area contributed by atoms with E-state index >= 15 is 0 Å². The van der Waals surface area contributed by atoms with E-state index < -0.39 is 11.7 Å². The normalized spacial score (nSPS) is 17.7. The molecule has 1 amide bonds. The number of nitrogens with zero attached hydrogens (tertiary/aromatic N) is 1. The highest BCUT2D eigenvalue weighted by molar-refractivity contribution is 8.26. The van der Waals surface area contributed by atoms with Crippen molar-refractivity contribution in [2.75, 3.05) is 6.54 Å². The van der Waals surface area contributed by atoms with Crippen LogP contribution in [-0.2, 0) is 11.0 Å². The molecule has 0 N–H and O–H groups in total. The minimum Gasteiger partial charge on any atom is -0.289 e. The van der Waals surface area contributed by atoms with Crippen LogP contribution in [0.1, 0.15) is 11.1 Å². The first-order valence-corrected chi connectivity index (χ1v) is 7.09. The summed E-state index contributed by atoms with van der Waals surface area (Å²) < 4.78 is 37.8. The first-order valence-electron chi connectivity index (χ1n) is 5.86. The SMILES string of the molecule is C=CCN1C(=O)C(=Cc2ccc(C(F)(F)F)cc2)SC1=S. The monoisotopic (exact) mass is 329 g/mol. The second-order valence-electron chi connectivity index (χ2n) is 4.20. The van der Waals surface area contributed by atoms with E-state index in [0.29, 0.717) is 21.3 Å². The van der Waals surface area contributed by atoms with E-state index in [2.05, 4.69) is 6.58 Å². The van der Waals surface area contributed by atoms with Gasteiger partial charge < -0.3 is 0 Å². The Kier molecular flexibility index (Phi) is 4.53. The maximum Gasteiger partial charge on any atom is 0.416 e. The van der Waals surface area contributed by atoms with Gasteiger partial charge in [-0.25, -0.2) is 0 Å². The van der Waals surface area contributed by atoms with Crippen LogP contribution < -0.4 is 0 Å². The lowest BCUT2D eigenvalue weighted by Gasteiger charge is -2.10. The third-order valence-corrected chi connectivity index (χ3v) is 4.10. The number of benzene rings is 1. The van der Waals surface area contributed by atoms with E-state index in [1.165, 1.54) is 23.1 Å². The molecule has 1 saturated heterocycles. The predicted molar refractivity (Wildman–Crippen MR) is 81.5 cm³/mol. The van der Waals surface area contributed by atoms with Crippen molar-refractivity contribution in [3.05, 3.63) is 53.0 Å². The van der Waals surface area contributed by atoms with Crippen LogP contribution in [0.15, 0.2) is 41.8 Å². The van der Waals surface area contributed by atoms with E-state index in [0.717, 1.165) is 23.9 Å². The van der Waals surface area contributed by atoms with Crippen LogP contribution in [0.25, 0.3) is 6.08 Å². The van der Waals surface area contributed by atoms with Crippen molar-refractivity contribution in [2.45, 2.75) is 6.18 Å². The van der Waals surface area contributed by atoms with Crippen molar-refractivity contribution < 1.29 is 18.0 Å². The number of amides is 1. The zero-order valence-electron chi connectivity index (χ0n) is 10.7. The van der Waals surface area contributed by atoms with Crippen molar-refractivity contribution in [1.29, 1.82) is 0 Å². The molecule has 0 saturated carbocycles. The standard InChI is InChI=1S/C14H10F3NOS2/c1-2-7-18-12(19)11(21-13(18)20)8-9-3-5-10(6-4-9)14(15,16)17/h2-6,8H,1,7H2. The number of carbonyl (C=O) groups is 1. The molecular formula is C14H10F3NOS2. The number of rotatable bonds is 3. The average Bonchev–Trinajstić information content (AvgIpc) is 2.66. The van der Waals surface area contributed by atoms with Gasteiger partial charge in [-0.3, -0.25) is 9.69 Å². The summed E-state index contributed by atoms with van der Waals surface area (Å²) in [5.74, 6) is -0.259. The van der Waals surface area contributed by atoms with Gasteiger partial charge in [0.05, 0.1) is 10.5 Å². The van der Waals surface area contributed by atoms with Gasteiger partial charge in [0.25, 0.3) is 5.91 Å². The van der Waals surface area contributed by atoms with Gasteiger partial charge in [-0.1, -0.05) is 42.2 Å². The van der Waals surface area contributed by atoms with Crippen LogP contribution in [0.2, 0.25) is 0 Å². The van der Waals surface area contributed by atoms with Crippen molar-refractivity contribution >= 4 is 40.3 Å². The molecule has 1 aliphatic rings. The minimum absolute atomic E-state index is 0.259. The average molecular weight is 329 g/mol. The van der Waals surface area contributed by atoms with Crippen LogP contribution in [0.3, 0.4) is 0 Å². The van der Waals surface area contributed by atoms with Gasteiger partial charge in [0, 0.05) is 6.54 Å². The number of halogens is 3. The molecule has 0 aliphatic carbocycles. The molecular weight excluding hydrogens is 319 g/mol. The highest BCUT2D eigenvalue weighted by Crippen LogP contribution is 2.33. The molecule has 110 valence electrons. The molecule has 1 aliphatic heterocycles. The summed E-state index contributed by atoms with van der Waals surface area (Å²) in [4.78, 5) is 13.8. The highest BCUT2D eigenvalue weighted by atomic mass is 32.2. The Balaban J connectivity index is 2.23. The van der Waals surface area contributed by atoms with Crippen LogP contribution in [0, 0.1) is 0 Å². The van der Waals surface area contributed by atoms with Crippen molar-refractivity contribution in [3.8, 4) is 0 Å². The topological polar surface area (TPSA) is 20.3 Å². The molecule has 1 aromatic rings. The second kappa shape index (κ2) is 6.03. The van der Waals surface area contributed by atoms with Gasteiger partial charge in [-0.2, -0.15) is 13.2 Å². The summed E-state index contributed by atoms with van der Waals surface area (Å²) in [6, 6.07) is 4.61. The molecule has 21 heavy (non-hydrogen) atoms. The first kappa shape index (κ1) is 15.8. The van der Waals surface area contributed by atoms with Gasteiger partial charge in [-0.15, -0.1) is 6.58 Å². The van der Waals surface area contributed by atoms with Gasteiger partial charge in [0.2, 0.25) is 0 Å². The molecule has 1 heterocycles. The molecule has 0 spiro atoms. The summed E-state index contributed by atoms with van der Waals surface area (Å²) in [5, 5.41) is 0. The summed E-state index contributed by atoms with van der Waals surface area (Å²) in [6.45, 7) is 3.86. The Morgan fingerprint density at radius 3 is 2.43 bits per heavy atom. The van der Waals surface area contributed by atoms with Crippen molar-refractivity contribution in [3.63, 3.8) is 0 Å². The fourth-order valence-corrected chi connectivity index (χ4v) is 2.98. The summed E-state index contributed by atoms with van der Waals surface area (Å²) in [5.41, 5.74) is -0.207. The van der Waals surface area contributed by atoms with Gasteiger partial charge in [0.15, 0.2) is 0 Å². The number of carbonyl (C=O) groups excluding carboxylic acids is 1. The van der Waals surface area contributed by atoms with E-state index in [9.17, 15) is 18.0 Å².